The second kappa shape index (κ2) is 57.5. The summed E-state index contributed by atoms with van der Waals surface area (Å²) < 4.78 is 28.9. The molecule has 8 aromatic rings. The standard InChI is InChI=1S/C34H49N3O5SSi.C29H37N3O5S.C25H35NO4S.2C9H15ClN2OSi.C4H2Cl2N2/c1-23-8-10-24(11-9-23)31(38)37(28-22-27(16-18-34(2,3)4)43-30(28)32(39)40)25-12-14-26(15-13-25)42-33-35-19-17-29(36-33)41-20-21-44(5,6)7;1-18-5-7-19(8-6-18)26(34)32(23-17-22(13-15-29(2,3)4)38-25(23)27(35)36)20-9-11-21(12-10-20)37-28-30-16-14-24(33)31-28;1-16-5-7-17(8-6-16)23(28)26(18-9-11-19(27)12-10-18)21-15-20(13-14-25(2,3)4)31-22(21)24(29)30;2*1-14(2,3)7-6-13-8-4-5-11-9(10)12-8;5-3-1-2-7-4(6)8-3/h17,19,22-26H,8-15,20-21H2,1-7H3,(H,39,40);14,16-21H,5-12H2,1-4H3,(H,35,36)(H,30,31,33);15-19,27H,5-12H2,1-4H3,(H,29,30);2*4-5H,6-7H2,1-3H3;1-2H. The Kier molecular flexibility index (Phi) is 47.5. The van der Waals surface area contributed by atoms with Crippen LogP contribution in [0.4, 0.5) is 17.1 Å². The maximum atomic E-state index is 14.2. The molecule has 6 aliphatic rings. The number of H-pyrrole nitrogens is 1. The number of aromatic amines is 1. The molecule has 812 valence electrons. The molecule has 149 heavy (non-hydrogen) atoms. The number of anilines is 3. The van der Waals surface area contributed by atoms with E-state index in [0.717, 1.165) is 129 Å². The Morgan fingerprint density at radius 3 is 0.980 bits per heavy atom. The third kappa shape index (κ3) is 43.6. The maximum absolute atomic E-state index is 14.2. The van der Waals surface area contributed by atoms with E-state index in [4.69, 9.17) is 70.1 Å². The van der Waals surface area contributed by atoms with Gasteiger partial charge in [-0.3, -0.25) is 24.2 Å². The van der Waals surface area contributed by atoms with Crippen LogP contribution in [-0.4, -0.2) is 186 Å². The molecule has 14 rings (SSSR count). The van der Waals surface area contributed by atoms with E-state index in [9.17, 15) is 54.0 Å². The molecule has 0 saturated heterocycles. The monoisotopic (exact) mass is 2230 g/mol. The number of nitrogens with one attached hydrogen (secondary N) is 1. The van der Waals surface area contributed by atoms with Gasteiger partial charge in [-0.25, -0.2) is 44.3 Å². The van der Waals surface area contributed by atoms with Crippen molar-refractivity contribution in [2.45, 2.75) is 351 Å². The topological polar surface area (TPSA) is 388 Å². The first-order valence-corrected chi connectivity index (χ1v) is 67.1. The van der Waals surface area contributed by atoms with Crippen LogP contribution < -0.4 is 43.9 Å². The number of hydrogen-bond donors (Lipinski definition) is 5. The van der Waals surface area contributed by atoms with E-state index in [-0.39, 0.29) is 130 Å². The second-order valence-corrected chi connectivity index (χ2v) is 67.7. The zero-order chi connectivity index (χ0) is 109. The molecule has 3 amide bonds. The van der Waals surface area contributed by atoms with Crippen LogP contribution in [0, 0.1) is 87.3 Å². The van der Waals surface area contributed by atoms with Gasteiger partial charge in [0.1, 0.15) is 32.0 Å². The summed E-state index contributed by atoms with van der Waals surface area (Å²) in [6, 6.07) is 16.9. The van der Waals surface area contributed by atoms with Gasteiger partial charge in [0, 0.05) is 132 Å². The van der Waals surface area contributed by atoms with E-state index in [0.29, 0.717) is 175 Å². The van der Waals surface area contributed by atoms with Crippen LogP contribution in [0.15, 0.2) is 84.3 Å². The van der Waals surface area contributed by atoms with Gasteiger partial charge in [0.25, 0.3) is 11.6 Å². The van der Waals surface area contributed by atoms with Gasteiger partial charge in [-0.2, -0.15) is 15.0 Å². The highest BCUT2D eigenvalue weighted by Gasteiger charge is 2.43. The first-order chi connectivity index (χ1) is 70.0. The number of nitrogens with zero attached hydrogens (tertiary/aromatic N) is 12. The lowest BCUT2D eigenvalue weighted by molar-refractivity contribution is -0.125. The maximum Gasteiger partial charge on any atom is 0.348 e. The Morgan fingerprint density at radius 1 is 0.396 bits per heavy atom. The predicted octanol–water partition coefficient (Wildman–Crippen LogP) is 26.2. The minimum absolute atomic E-state index is 0.0194. The van der Waals surface area contributed by atoms with Crippen molar-refractivity contribution in [1.29, 1.82) is 0 Å². The van der Waals surface area contributed by atoms with Crippen molar-refractivity contribution in [1.82, 2.24) is 49.8 Å². The average Bonchev–Trinajstić information content (AvgIpc) is 1.77. The SMILES string of the molecule is CC1CCC(C(=O)N(c2cc(C#CC(C)(C)C)sc2C(=O)O)C2CCC(O)CC2)CC1.CC1CCC(C(=O)N(c2cc(C#CC(C)(C)C)sc2C(=O)O)C2CCC(Oc3nccc(=O)[nH]3)CC2)CC1.CC1CCC(C(=O)N(c2cc(C#CC(C)(C)C)sc2C(=O)O)C2CCC(Oc3nccc(OCC[Si](C)(C)C)n3)CC2)CC1.C[Si](C)(C)CCOc1ccnc(Cl)n1.C[Si](C)(C)CCOc1ccnc(Cl)n1.Clc1ccnc(Cl)n1. The minimum atomic E-state index is -1.21. The number of carbonyl (C=O) groups excluding carboxylic acids is 3. The molecular formula is C110H153Cl4N13O16S3Si3. The van der Waals surface area contributed by atoms with E-state index in [1.54, 1.807) is 64.8 Å². The number of aromatic carboxylic acids is 3. The van der Waals surface area contributed by atoms with Crippen molar-refractivity contribution in [3.8, 4) is 65.2 Å². The summed E-state index contributed by atoms with van der Waals surface area (Å²) in [5.74, 6) is 19.2. The molecule has 39 heteroatoms. The summed E-state index contributed by atoms with van der Waals surface area (Å²) in [4.78, 5) is 136. The molecule has 8 aromatic heterocycles. The lowest BCUT2D eigenvalue weighted by Gasteiger charge is -2.39. The van der Waals surface area contributed by atoms with E-state index in [1.807, 2.05) is 73.3 Å². The van der Waals surface area contributed by atoms with Crippen LogP contribution in [0.3, 0.4) is 0 Å². The van der Waals surface area contributed by atoms with E-state index in [2.05, 4.69) is 165 Å². The molecule has 0 bridgehead atoms. The molecule has 0 aromatic carbocycles. The van der Waals surface area contributed by atoms with Gasteiger partial charge in [-0.15, -0.1) is 34.0 Å². The van der Waals surface area contributed by atoms with Crippen molar-refractivity contribution in [3.05, 3.63) is 140 Å². The lowest BCUT2D eigenvalue weighted by Crippen LogP contribution is -2.47. The fourth-order valence-electron chi connectivity index (χ4n) is 17.5. The number of aliphatic hydroxyl groups is 1. The summed E-state index contributed by atoms with van der Waals surface area (Å²) in [6.07, 6.45) is 26.5. The number of aliphatic hydroxyl groups excluding tert-OH is 1. The highest BCUT2D eigenvalue weighted by Crippen LogP contribution is 2.45. The number of ether oxygens (including phenoxy) is 5. The highest BCUT2D eigenvalue weighted by atomic mass is 35.5. The Morgan fingerprint density at radius 2 is 0.691 bits per heavy atom. The van der Waals surface area contributed by atoms with Crippen molar-refractivity contribution >= 4 is 157 Å². The fraction of sp³-hybridized carbons (Fsp3) is 0.600. The summed E-state index contributed by atoms with van der Waals surface area (Å²) >= 11 is 25.4. The van der Waals surface area contributed by atoms with Crippen molar-refractivity contribution in [2.24, 2.45) is 51.8 Å². The lowest BCUT2D eigenvalue weighted by atomic mass is 9.81. The summed E-state index contributed by atoms with van der Waals surface area (Å²) in [5.41, 5.74) is 0.526. The van der Waals surface area contributed by atoms with Crippen LogP contribution in [0.25, 0.3) is 0 Å². The summed E-state index contributed by atoms with van der Waals surface area (Å²) in [6.45, 7) is 47.7. The molecule has 6 saturated carbocycles. The zero-order valence-corrected chi connectivity index (χ0v) is 98.9. The van der Waals surface area contributed by atoms with Gasteiger partial charge in [0.2, 0.25) is 51.2 Å². The number of halogens is 4. The highest BCUT2D eigenvalue weighted by molar-refractivity contribution is 7.16. The van der Waals surface area contributed by atoms with Gasteiger partial charge in [0.05, 0.1) is 57.6 Å². The van der Waals surface area contributed by atoms with Gasteiger partial charge >= 0.3 is 23.9 Å². The van der Waals surface area contributed by atoms with Crippen LogP contribution in [0.5, 0.6) is 29.7 Å². The molecule has 6 fully saturated rings. The van der Waals surface area contributed by atoms with Crippen molar-refractivity contribution < 1.29 is 72.9 Å². The molecule has 8 heterocycles. The largest absolute Gasteiger partial charge is 0.478 e. The smallest absolute Gasteiger partial charge is 0.348 e. The van der Waals surface area contributed by atoms with Crippen LogP contribution in [0.1, 0.15) is 281 Å². The molecular weight excluding hydrogens is 2080 g/mol. The third-order valence-corrected chi connectivity index (χ3v) is 34.9. The van der Waals surface area contributed by atoms with E-state index < -0.39 is 42.1 Å². The molecule has 0 atom stereocenters. The molecule has 5 N–H and O–H groups in total. The van der Waals surface area contributed by atoms with Crippen molar-refractivity contribution in [2.75, 3.05) is 34.5 Å². The van der Waals surface area contributed by atoms with E-state index >= 15 is 0 Å². The summed E-state index contributed by atoms with van der Waals surface area (Å²) in [5, 5.41) is 41.2. The molecule has 0 radical (unpaired) electrons. The fourth-order valence-corrected chi connectivity index (χ4v) is 22.8. The Labute approximate surface area is 915 Å². The van der Waals surface area contributed by atoms with Crippen LogP contribution in [-0.2, 0) is 14.4 Å². The molecule has 0 spiro atoms. The van der Waals surface area contributed by atoms with Crippen LogP contribution >= 0.6 is 80.4 Å². The molecule has 6 aliphatic carbocycles. The van der Waals surface area contributed by atoms with Crippen molar-refractivity contribution in [3.63, 3.8) is 0 Å². The number of hydrogen-bond acceptors (Lipinski definition) is 25. The first kappa shape index (κ1) is 123. The quantitative estimate of drug-likeness (QED) is 0.0132. The molecule has 0 aliphatic heterocycles. The van der Waals surface area contributed by atoms with Crippen LogP contribution in [0.2, 0.25) is 98.1 Å². The van der Waals surface area contributed by atoms with Gasteiger partial charge in [0.15, 0.2) is 0 Å². The van der Waals surface area contributed by atoms with Gasteiger partial charge < -0.3 is 58.8 Å². The average molecular weight is 2240 g/mol. The zero-order valence-electron chi connectivity index (χ0n) is 90.4. The van der Waals surface area contributed by atoms with E-state index in [1.165, 1.54) is 18.5 Å². The number of aromatic nitrogens is 10. The Balaban J connectivity index is 0.000000214. The number of carboxylic acid groups (broad SMARTS) is 3. The molecule has 29 nitrogen and oxygen atoms in total. The normalized spacial score (nSPS) is 20.8. The number of thiophene rings is 3. The first-order valence-electron chi connectivity index (χ1n) is 52.1. The predicted molar refractivity (Wildman–Crippen MR) is 604 cm³/mol. The number of amides is 3. The Hall–Kier alpha value is -9.43. The van der Waals surface area contributed by atoms with Gasteiger partial charge in [-0.1, -0.05) is 127 Å². The Bertz CT molecular complexity index is 5890. The summed E-state index contributed by atoms with van der Waals surface area (Å²) in [7, 11) is -3.26. The number of carboxylic acids is 3. The molecule has 0 unspecified atom stereocenters. The number of carbonyl (C=O) groups is 6. The van der Waals surface area contributed by atoms with Gasteiger partial charge in [-0.05, 0) is 311 Å². The number of rotatable bonds is 28. The minimum Gasteiger partial charge on any atom is -0.478 e. The third-order valence-electron chi connectivity index (χ3n) is 25.9. The second-order valence-electron chi connectivity index (χ2n) is 46.3.